The predicted octanol–water partition coefficient (Wildman–Crippen LogP) is 2.88. The third-order valence-corrected chi connectivity index (χ3v) is 4.92. The molecule has 0 aromatic heterocycles. The smallest absolute Gasteiger partial charge is 0.399 e. The van der Waals surface area contributed by atoms with Gasteiger partial charge < -0.3 is 14.7 Å². The number of nitrogens with one attached hydrogen (secondary N) is 1. The van der Waals surface area contributed by atoms with E-state index in [1.807, 2.05) is 0 Å². The van der Waals surface area contributed by atoms with Crippen LogP contribution in [-0.4, -0.2) is 24.0 Å². The fraction of sp³-hybridized carbons (Fsp3) is 0.562. The minimum Gasteiger partial charge on any atom is -0.399 e. The second-order valence-corrected chi connectivity index (χ2v) is 6.96. The summed E-state index contributed by atoms with van der Waals surface area (Å²) in [5.41, 5.74) is 2.67. The van der Waals surface area contributed by atoms with Gasteiger partial charge in [0.25, 0.3) is 0 Å². The second-order valence-electron chi connectivity index (χ2n) is 6.96. The molecular formula is C16H22BNO2. The van der Waals surface area contributed by atoms with Crippen molar-refractivity contribution in [2.24, 2.45) is 0 Å². The van der Waals surface area contributed by atoms with Crippen molar-refractivity contribution in [3.05, 3.63) is 29.8 Å². The van der Waals surface area contributed by atoms with Gasteiger partial charge in [-0.25, -0.2) is 0 Å². The van der Waals surface area contributed by atoms with Gasteiger partial charge in [-0.05, 0) is 57.5 Å². The Morgan fingerprint density at radius 3 is 1.95 bits per heavy atom. The van der Waals surface area contributed by atoms with E-state index in [0.717, 1.165) is 24.0 Å². The molecule has 0 amide bonds. The van der Waals surface area contributed by atoms with Crippen molar-refractivity contribution >= 4 is 18.3 Å². The van der Waals surface area contributed by atoms with Crippen molar-refractivity contribution in [3.63, 3.8) is 0 Å². The molecule has 1 aliphatic heterocycles. The van der Waals surface area contributed by atoms with Crippen molar-refractivity contribution in [1.82, 2.24) is 0 Å². The van der Waals surface area contributed by atoms with Crippen molar-refractivity contribution in [2.75, 3.05) is 0 Å². The number of hydrogen-bond acceptors (Lipinski definition) is 3. The highest BCUT2D eigenvalue weighted by Crippen LogP contribution is 2.37. The Morgan fingerprint density at radius 1 is 1.00 bits per heavy atom. The highest BCUT2D eigenvalue weighted by atomic mass is 16.7. The van der Waals surface area contributed by atoms with Crippen LogP contribution in [0.5, 0.6) is 0 Å². The number of benzene rings is 1. The first-order valence-electron chi connectivity index (χ1n) is 7.30. The number of rotatable bonds is 2. The zero-order valence-electron chi connectivity index (χ0n) is 12.7. The Kier molecular flexibility index (Phi) is 3.07. The van der Waals surface area contributed by atoms with Gasteiger partial charge in [0.15, 0.2) is 0 Å². The Morgan fingerprint density at radius 2 is 1.50 bits per heavy atom. The van der Waals surface area contributed by atoms with E-state index in [0.29, 0.717) is 5.92 Å². The standard InChI is InChI=1S/C16H22BNO2/c1-15(2)16(3,4)20-17(19-15)13-7-5-11(6-8-13)12-9-14(18)10-12/h5-8,12,18H,9-10H2,1-4H3. The Labute approximate surface area is 121 Å². The molecule has 0 unspecified atom stereocenters. The molecule has 20 heavy (non-hydrogen) atoms. The third kappa shape index (κ3) is 2.21. The van der Waals surface area contributed by atoms with Crippen LogP contribution >= 0.6 is 0 Å². The SMILES string of the molecule is CC1(C)OB(c2ccc(C3CC(=N)C3)cc2)OC1(C)C. The first kappa shape index (κ1) is 13.8. The van der Waals surface area contributed by atoms with Crippen LogP contribution in [-0.2, 0) is 9.31 Å². The van der Waals surface area contributed by atoms with E-state index in [4.69, 9.17) is 14.7 Å². The molecule has 1 saturated carbocycles. The summed E-state index contributed by atoms with van der Waals surface area (Å²) in [7, 11) is -0.284. The molecule has 2 aliphatic rings. The van der Waals surface area contributed by atoms with E-state index in [2.05, 4.69) is 52.0 Å². The van der Waals surface area contributed by atoms with Crippen LogP contribution < -0.4 is 5.46 Å². The molecule has 2 fully saturated rings. The summed E-state index contributed by atoms with van der Waals surface area (Å²) in [6.45, 7) is 8.28. The molecule has 0 radical (unpaired) electrons. The maximum atomic E-state index is 7.54. The summed E-state index contributed by atoms with van der Waals surface area (Å²) in [4.78, 5) is 0. The van der Waals surface area contributed by atoms with Crippen molar-refractivity contribution < 1.29 is 9.31 Å². The van der Waals surface area contributed by atoms with Gasteiger partial charge in [0.1, 0.15) is 0 Å². The van der Waals surface area contributed by atoms with Gasteiger partial charge in [0.2, 0.25) is 0 Å². The molecule has 3 rings (SSSR count). The molecule has 0 spiro atoms. The van der Waals surface area contributed by atoms with Gasteiger partial charge in [-0.15, -0.1) is 0 Å². The molecule has 4 heteroatoms. The van der Waals surface area contributed by atoms with Crippen molar-refractivity contribution in [3.8, 4) is 0 Å². The van der Waals surface area contributed by atoms with E-state index >= 15 is 0 Å². The molecule has 3 nitrogen and oxygen atoms in total. The van der Waals surface area contributed by atoms with Crippen LogP contribution in [0.4, 0.5) is 0 Å². The van der Waals surface area contributed by atoms with Gasteiger partial charge >= 0.3 is 7.12 Å². The monoisotopic (exact) mass is 271 g/mol. The fourth-order valence-electron chi connectivity index (χ4n) is 2.68. The van der Waals surface area contributed by atoms with E-state index in [1.54, 1.807) is 0 Å². The molecule has 1 aromatic carbocycles. The Bertz CT molecular complexity index is 512. The average Bonchev–Trinajstić information content (AvgIpc) is 2.55. The molecule has 1 aromatic rings. The molecule has 0 bridgehead atoms. The Hall–Kier alpha value is -1.13. The zero-order chi connectivity index (χ0) is 14.5. The molecule has 1 heterocycles. The fourth-order valence-corrected chi connectivity index (χ4v) is 2.68. The highest BCUT2D eigenvalue weighted by molar-refractivity contribution is 6.62. The summed E-state index contributed by atoms with van der Waals surface area (Å²) in [6, 6.07) is 8.49. The van der Waals surface area contributed by atoms with E-state index in [-0.39, 0.29) is 18.3 Å². The van der Waals surface area contributed by atoms with Gasteiger partial charge in [0, 0.05) is 5.71 Å². The minimum atomic E-state index is -0.292. The predicted molar refractivity (Wildman–Crippen MR) is 81.9 cm³/mol. The van der Waals surface area contributed by atoms with Crippen LogP contribution in [0.15, 0.2) is 24.3 Å². The Balaban J connectivity index is 1.74. The highest BCUT2D eigenvalue weighted by Gasteiger charge is 2.51. The van der Waals surface area contributed by atoms with Crippen LogP contribution in [0.25, 0.3) is 0 Å². The lowest BCUT2D eigenvalue weighted by Gasteiger charge is -2.32. The molecule has 1 N–H and O–H groups in total. The van der Waals surface area contributed by atoms with E-state index < -0.39 is 0 Å². The average molecular weight is 271 g/mol. The summed E-state index contributed by atoms with van der Waals surface area (Å²) in [6.07, 6.45) is 1.83. The quantitative estimate of drug-likeness (QED) is 0.840. The van der Waals surface area contributed by atoms with Crippen LogP contribution in [0.2, 0.25) is 0 Å². The lowest BCUT2D eigenvalue weighted by Crippen LogP contribution is -2.41. The molecular weight excluding hydrogens is 249 g/mol. The van der Waals surface area contributed by atoms with Gasteiger partial charge in [-0.1, -0.05) is 24.3 Å². The van der Waals surface area contributed by atoms with Gasteiger partial charge in [-0.2, -0.15) is 0 Å². The molecule has 106 valence electrons. The normalized spacial score (nSPS) is 27.5. The lowest BCUT2D eigenvalue weighted by molar-refractivity contribution is 0.00578. The maximum Gasteiger partial charge on any atom is 0.494 e. The molecule has 1 saturated heterocycles. The van der Waals surface area contributed by atoms with Gasteiger partial charge in [-0.3, -0.25) is 0 Å². The third-order valence-electron chi connectivity index (χ3n) is 4.92. The molecule has 1 aliphatic carbocycles. The van der Waals surface area contributed by atoms with Gasteiger partial charge in [0.05, 0.1) is 11.2 Å². The second kappa shape index (κ2) is 4.44. The summed E-state index contributed by atoms with van der Waals surface area (Å²) < 4.78 is 12.1. The maximum absolute atomic E-state index is 7.54. The van der Waals surface area contributed by atoms with E-state index in [1.165, 1.54) is 5.56 Å². The van der Waals surface area contributed by atoms with Crippen LogP contribution in [0.3, 0.4) is 0 Å². The van der Waals surface area contributed by atoms with Crippen LogP contribution in [0.1, 0.15) is 52.0 Å². The summed E-state index contributed by atoms with van der Waals surface area (Å²) in [5.74, 6) is 0.537. The number of hydrogen-bond donors (Lipinski definition) is 1. The first-order valence-corrected chi connectivity index (χ1v) is 7.30. The summed E-state index contributed by atoms with van der Waals surface area (Å²) in [5, 5.41) is 7.54. The zero-order valence-corrected chi connectivity index (χ0v) is 12.7. The van der Waals surface area contributed by atoms with Crippen LogP contribution in [0, 0.1) is 5.41 Å². The van der Waals surface area contributed by atoms with Crippen molar-refractivity contribution in [1.29, 1.82) is 5.41 Å². The van der Waals surface area contributed by atoms with E-state index in [9.17, 15) is 0 Å². The summed E-state index contributed by atoms with van der Waals surface area (Å²) >= 11 is 0. The molecule has 0 atom stereocenters. The van der Waals surface area contributed by atoms with Crippen molar-refractivity contribution in [2.45, 2.75) is 57.7 Å². The largest absolute Gasteiger partial charge is 0.494 e. The lowest BCUT2D eigenvalue weighted by atomic mass is 9.75. The minimum absolute atomic E-state index is 0.284. The topological polar surface area (TPSA) is 42.3 Å². The first-order chi connectivity index (χ1) is 9.28.